The molecule has 1 amide bonds. The van der Waals surface area contributed by atoms with Gasteiger partial charge in [0.05, 0.1) is 13.2 Å². The minimum Gasteiger partial charge on any atom is -0.385 e. The van der Waals surface area contributed by atoms with E-state index in [1.807, 2.05) is 0 Å². The topological polar surface area (TPSA) is 146 Å². The molecular weight excluding hydrogens is 520 g/mol. The summed E-state index contributed by atoms with van der Waals surface area (Å²) >= 11 is 0. The molecule has 0 saturated heterocycles. The first-order valence-corrected chi connectivity index (χ1v) is 11.6. The number of alkyl halides is 3. The van der Waals surface area contributed by atoms with Gasteiger partial charge in [0.25, 0.3) is 5.91 Å². The number of carbonyl (C=O) groups is 1. The molecule has 1 aliphatic heterocycles. The Kier molecular flexibility index (Phi) is 6.93. The van der Waals surface area contributed by atoms with Crippen molar-refractivity contribution in [1.29, 1.82) is 0 Å². The minimum atomic E-state index is -3.55. The Labute approximate surface area is 220 Å². The Balaban J connectivity index is 1.62. The summed E-state index contributed by atoms with van der Waals surface area (Å²) in [5, 5.41) is 2.46. The van der Waals surface area contributed by atoms with Crippen LogP contribution in [-0.2, 0) is 16.8 Å². The first-order chi connectivity index (χ1) is 18.2. The highest BCUT2D eigenvalue weighted by atomic mass is 19.3. The zero-order valence-corrected chi connectivity index (χ0v) is 21.1. The van der Waals surface area contributed by atoms with Crippen LogP contribution in [0.2, 0.25) is 0 Å². The molecule has 3 aromatic rings. The molecule has 1 unspecified atom stereocenters. The van der Waals surface area contributed by atoms with Crippen molar-refractivity contribution >= 4 is 34.5 Å². The maximum absolute atomic E-state index is 14.9. The number of ether oxygens (including phenoxy) is 1. The number of aromatic nitrogens is 4. The van der Waals surface area contributed by atoms with Gasteiger partial charge >= 0.3 is 5.92 Å². The number of carbonyl (C=O) groups excluding carboxylic acids is 1. The fourth-order valence-corrected chi connectivity index (χ4v) is 3.99. The van der Waals surface area contributed by atoms with Crippen molar-refractivity contribution in [2.45, 2.75) is 43.6 Å². The van der Waals surface area contributed by atoms with E-state index in [0.717, 1.165) is 19.1 Å². The van der Waals surface area contributed by atoms with Crippen LogP contribution < -0.4 is 16.8 Å². The second-order valence-corrected chi connectivity index (χ2v) is 9.29. The molecule has 39 heavy (non-hydrogen) atoms. The molecule has 1 aliphatic rings. The van der Waals surface area contributed by atoms with Crippen LogP contribution in [0.25, 0.3) is 11.2 Å². The van der Waals surface area contributed by atoms with Gasteiger partial charge in [-0.3, -0.25) is 9.79 Å². The highest BCUT2D eigenvalue weighted by Crippen LogP contribution is 2.40. The molecule has 14 heteroatoms. The maximum Gasteiger partial charge on any atom is 0.301 e. The average Bonchev–Trinajstić information content (AvgIpc) is 3.27. The molecule has 4 heterocycles. The number of aliphatic imine (C=N–C) groups is 1. The number of amidine groups is 1. The summed E-state index contributed by atoms with van der Waals surface area (Å²) in [5.41, 5.74) is 7.93. The molecular formula is C25H26F4N8O2. The number of hydrogen-bond acceptors (Lipinski definition) is 8. The van der Waals surface area contributed by atoms with Gasteiger partial charge in [-0.1, -0.05) is 12.7 Å². The van der Waals surface area contributed by atoms with Crippen LogP contribution in [0.4, 0.5) is 29.2 Å². The van der Waals surface area contributed by atoms with Gasteiger partial charge in [0.15, 0.2) is 22.8 Å². The number of allylic oxidation sites excluding steroid dienone is 1. The van der Waals surface area contributed by atoms with E-state index in [2.05, 4.69) is 38.4 Å². The van der Waals surface area contributed by atoms with Crippen molar-refractivity contribution in [3.8, 4) is 0 Å². The lowest BCUT2D eigenvalue weighted by Crippen LogP contribution is -2.61. The summed E-state index contributed by atoms with van der Waals surface area (Å²) in [5.74, 6) is -6.10. The molecule has 4 rings (SSSR count). The third-order valence-electron chi connectivity index (χ3n) is 6.44. The van der Waals surface area contributed by atoms with E-state index < -0.39 is 47.4 Å². The largest absolute Gasteiger partial charge is 0.385 e. The summed E-state index contributed by atoms with van der Waals surface area (Å²) in [7, 11) is 0. The van der Waals surface area contributed by atoms with Crippen LogP contribution in [-0.4, -0.2) is 55.6 Å². The Morgan fingerprint density at radius 2 is 1.97 bits per heavy atom. The zero-order chi connectivity index (χ0) is 28.8. The number of pyridine rings is 1. The van der Waals surface area contributed by atoms with Crippen LogP contribution in [0.5, 0.6) is 0 Å². The van der Waals surface area contributed by atoms with Gasteiger partial charge in [0, 0.05) is 6.20 Å². The summed E-state index contributed by atoms with van der Waals surface area (Å²) in [4.78, 5) is 29.6. The third kappa shape index (κ3) is 4.82. The van der Waals surface area contributed by atoms with Crippen LogP contribution in [0.15, 0.2) is 54.7 Å². The van der Waals surface area contributed by atoms with Gasteiger partial charge in [-0.25, -0.2) is 23.7 Å². The summed E-state index contributed by atoms with van der Waals surface area (Å²) in [6, 6.07) is 3.74. The summed E-state index contributed by atoms with van der Waals surface area (Å²) in [6.45, 7) is 8.41. The van der Waals surface area contributed by atoms with Crippen molar-refractivity contribution < 1.29 is 27.1 Å². The normalized spacial score (nSPS) is 22.3. The van der Waals surface area contributed by atoms with Crippen molar-refractivity contribution in [2.75, 3.05) is 17.7 Å². The highest BCUT2D eigenvalue weighted by Gasteiger charge is 2.56. The molecule has 0 saturated carbocycles. The van der Waals surface area contributed by atoms with Crippen LogP contribution in [0.3, 0.4) is 0 Å². The Hall–Kier alpha value is -4.33. The van der Waals surface area contributed by atoms with Gasteiger partial charge in [-0.05, 0) is 38.1 Å². The van der Waals surface area contributed by atoms with Crippen LogP contribution in [0, 0.1) is 5.82 Å². The van der Waals surface area contributed by atoms with E-state index in [0.29, 0.717) is 6.08 Å². The minimum absolute atomic E-state index is 0.0607. The summed E-state index contributed by atoms with van der Waals surface area (Å²) < 4.78 is 64.3. The number of nitrogens with two attached hydrogens (primary N) is 2. The predicted octanol–water partition coefficient (Wildman–Crippen LogP) is 3.51. The van der Waals surface area contributed by atoms with Crippen LogP contribution >= 0.6 is 0 Å². The van der Waals surface area contributed by atoms with E-state index in [-0.39, 0.29) is 40.7 Å². The monoisotopic (exact) mass is 546 g/mol. The molecule has 10 nitrogen and oxygen atoms in total. The molecule has 0 aromatic carbocycles. The number of amides is 1. The number of hydrogen-bond donors (Lipinski definition) is 3. The van der Waals surface area contributed by atoms with Crippen LogP contribution in [0.1, 0.15) is 30.0 Å². The van der Waals surface area contributed by atoms with Gasteiger partial charge in [0.2, 0.25) is 0 Å². The Bertz CT molecular complexity index is 1510. The summed E-state index contributed by atoms with van der Waals surface area (Å²) in [6.07, 6.45) is 1.76. The zero-order valence-electron chi connectivity index (χ0n) is 21.1. The number of nitrogens with zero attached hydrogens (tertiary/aromatic N) is 5. The molecule has 0 bridgehead atoms. The Morgan fingerprint density at radius 3 is 2.62 bits per heavy atom. The fraction of sp³-hybridized carbons (Fsp3) is 0.320. The predicted molar refractivity (Wildman–Crippen MR) is 138 cm³/mol. The van der Waals surface area contributed by atoms with E-state index in [1.54, 1.807) is 12.3 Å². The van der Waals surface area contributed by atoms with Gasteiger partial charge in [-0.2, -0.15) is 8.78 Å². The number of rotatable bonds is 8. The molecule has 3 aromatic heterocycles. The number of fused-ring (bicyclic) bond motifs is 1. The van der Waals surface area contributed by atoms with Crippen molar-refractivity contribution in [3.63, 3.8) is 0 Å². The lowest BCUT2D eigenvalue weighted by Gasteiger charge is -2.42. The molecule has 5 N–H and O–H groups in total. The SMILES string of the molecule is C=CC(F)Cn1ccc2nc(C(=O)Nc3ccc(F)c([C@]4(C)CO[C@@](C)(C(F)(F)C=C)C(N)=N4)n3)c(N)nc21. The van der Waals surface area contributed by atoms with E-state index >= 15 is 0 Å². The second-order valence-electron chi connectivity index (χ2n) is 9.29. The number of halogens is 4. The first kappa shape index (κ1) is 27.7. The number of nitrogens with one attached hydrogen (secondary N) is 1. The van der Waals surface area contributed by atoms with Crippen molar-refractivity contribution in [2.24, 2.45) is 10.7 Å². The molecule has 0 fully saturated rings. The lowest BCUT2D eigenvalue weighted by atomic mass is 9.90. The highest BCUT2D eigenvalue weighted by molar-refractivity contribution is 6.06. The fourth-order valence-electron chi connectivity index (χ4n) is 3.99. The third-order valence-corrected chi connectivity index (χ3v) is 6.44. The van der Waals surface area contributed by atoms with Crippen molar-refractivity contribution in [1.82, 2.24) is 19.5 Å². The first-order valence-electron chi connectivity index (χ1n) is 11.6. The van der Waals surface area contributed by atoms with Gasteiger partial charge < -0.3 is 26.1 Å². The lowest BCUT2D eigenvalue weighted by molar-refractivity contribution is -0.150. The van der Waals surface area contributed by atoms with Gasteiger partial charge in [0.1, 0.15) is 40.4 Å². The standard InChI is InChI=1S/C25H26F4N8O2/c1-5-13(26)11-37-10-9-15-20(37)35-19(30)17(32-15)21(38)34-16-8-7-14(27)18(33-16)23(3)12-39-24(4,22(31)36-23)25(28,29)6-2/h5-10,13H,1-2,11-12H2,3-4H3,(H2,30,35)(H2,31,36)(H,33,34,38)/t13?,23-,24+/m0/s1. The molecule has 0 radical (unpaired) electrons. The second kappa shape index (κ2) is 9.76. The van der Waals surface area contributed by atoms with Crippen molar-refractivity contribution in [3.05, 3.63) is 66.9 Å². The molecule has 0 spiro atoms. The average molecular weight is 547 g/mol. The van der Waals surface area contributed by atoms with Gasteiger partial charge in [-0.15, -0.1) is 6.58 Å². The van der Waals surface area contributed by atoms with E-state index in [1.165, 1.54) is 17.6 Å². The van der Waals surface area contributed by atoms with E-state index in [9.17, 15) is 22.4 Å². The molecule has 206 valence electrons. The van der Waals surface area contributed by atoms with E-state index in [4.69, 9.17) is 16.2 Å². The molecule has 3 atom stereocenters. The number of nitrogen functional groups attached to an aromatic ring is 1. The maximum atomic E-state index is 14.9. The molecule has 0 aliphatic carbocycles. The smallest absolute Gasteiger partial charge is 0.301 e. The Morgan fingerprint density at radius 1 is 1.26 bits per heavy atom. The quantitative estimate of drug-likeness (QED) is 0.289. The number of anilines is 2.